The van der Waals surface area contributed by atoms with Crippen LogP contribution in [-0.2, 0) is 10.5 Å². The minimum absolute atomic E-state index is 0.259. The molecule has 2 heterocycles. The Balaban J connectivity index is 1.48. The summed E-state index contributed by atoms with van der Waals surface area (Å²) in [5.41, 5.74) is 2.30. The van der Waals surface area contributed by atoms with Gasteiger partial charge in [0.05, 0.1) is 24.5 Å². The number of rotatable bonds is 9. The van der Waals surface area contributed by atoms with Crippen LogP contribution < -0.4 is 4.74 Å². The standard InChI is InChI=1S/C21H21ClN2O4S/c1-14-19(15(2)28-24-14)13-29-20-18(5-3-10-23-20)21(25)27-12-4-11-26-17-8-6-16(22)7-9-17/h3,5-10H,4,11-13H2,1-2H3. The number of thioether (sulfide) groups is 1. The van der Waals surface area contributed by atoms with E-state index in [2.05, 4.69) is 10.1 Å². The Hall–Kier alpha value is -2.51. The monoisotopic (exact) mass is 432 g/mol. The second-order valence-electron chi connectivity index (χ2n) is 6.24. The van der Waals surface area contributed by atoms with Gasteiger partial charge in [0.1, 0.15) is 16.5 Å². The first-order valence-electron chi connectivity index (χ1n) is 9.09. The van der Waals surface area contributed by atoms with Gasteiger partial charge in [-0.05, 0) is 50.2 Å². The molecule has 1 aromatic carbocycles. The summed E-state index contributed by atoms with van der Waals surface area (Å²) in [5, 5.41) is 5.23. The molecule has 0 atom stereocenters. The van der Waals surface area contributed by atoms with Crippen LogP contribution in [0.5, 0.6) is 5.75 Å². The summed E-state index contributed by atoms with van der Waals surface area (Å²) in [5.74, 6) is 1.72. The third-order valence-corrected chi connectivity index (χ3v) is 5.41. The van der Waals surface area contributed by atoms with E-state index in [4.69, 9.17) is 25.6 Å². The van der Waals surface area contributed by atoms with E-state index in [-0.39, 0.29) is 6.61 Å². The third-order valence-electron chi connectivity index (χ3n) is 4.13. The van der Waals surface area contributed by atoms with E-state index >= 15 is 0 Å². The van der Waals surface area contributed by atoms with E-state index in [0.29, 0.717) is 34.4 Å². The molecule has 0 aliphatic rings. The fourth-order valence-corrected chi connectivity index (χ4v) is 3.79. The number of pyridine rings is 1. The maximum Gasteiger partial charge on any atom is 0.340 e. The first-order valence-corrected chi connectivity index (χ1v) is 10.5. The van der Waals surface area contributed by atoms with E-state index in [0.717, 1.165) is 22.8 Å². The van der Waals surface area contributed by atoms with Crippen LogP contribution in [0.4, 0.5) is 0 Å². The number of benzene rings is 1. The highest BCUT2D eigenvalue weighted by atomic mass is 35.5. The van der Waals surface area contributed by atoms with Crippen molar-refractivity contribution in [2.45, 2.75) is 31.0 Å². The summed E-state index contributed by atoms with van der Waals surface area (Å²) in [6, 6.07) is 10.6. The fourth-order valence-electron chi connectivity index (χ4n) is 2.53. The molecular formula is C21H21ClN2O4S. The van der Waals surface area contributed by atoms with Crippen molar-refractivity contribution in [3.05, 3.63) is 70.2 Å². The van der Waals surface area contributed by atoms with Crippen LogP contribution in [0.2, 0.25) is 5.02 Å². The van der Waals surface area contributed by atoms with Crippen molar-refractivity contribution in [1.29, 1.82) is 0 Å². The third kappa shape index (κ3) is 5.98. The highest BCUT2D eigenvalue weighted by molar-refractivity contribution is 7.98. The van der Waals surface area contributed by atoms with Crippen molar-refractivity contribution < 1.29 is 18.8 Å². The number of hydrogen-bond donors (Lipinski definition) is 0. The maximum atomic E-state index is 12.5. The van der Waals surface area contributed by atoms with Gasteiger partial charge in [-0.25, -0.2) is 9.78 Å². The summed E-state index contributed by atoms with van der Waals surface area (Å²) in [4.78, 5) is 16.8. The van der Waals surface area contributed by atoms with E-state index in [1.807, 2.05) is 13.8 Å². The molecule has 0 amide bonds. The van der Waals surface area contributed by atoms with Crippen molar-refractivity contribution in [1.82, 2.24) is 10.1 Å². The Morgan fingerprint density at radius 2 is 1.97 bits per heavy atom. The zero-order chi connectivity index (χ0) is 20.6. The van der Waals surface area contributed by atoms with E-state index in [1.54, 1.807) is 42.6 Å². The van der Waals surface area contributed by atoms with Crippen LogP contribution in [0.15, 0.2) is 52.1 Å². The molecule has 0 aliphatic heterocycles. The molecule has 0 bridgehead atoms. The first kappa shape index (κ1) is 21.2. The molecule has 8 heteroatoms. The van der Waals surface area contributed by atoms with Crippen molar-refractivity contribution in [3.63, 3.8) is 0 Å². The van der Waals surface area contributed by atoms with Gasteiger partial charge in [0.25, 0.3) is 0 Å². The number of carbonyl (C=O) groups is 1. The van der Waals surface area contributed by atoms with Gasteiger partial charge in [-0.3, -0.25) is 0 Å². The van der Waals surface area contributed by atoms with E-state index in [9.17, 15) is 4.79 Å². The van der Waals surface area contributed by atoms with Gasteiger partial charge in [-0.15, -0.1) is 11.8 Å². The van der Waals surface area contributed by atoms with Crippen LogP contribution in [-0.4, -0.2) is 29.3 Å². The van der Waals surface area contributed by atoms with E-state index < -0.39 is 5.97 Å². The Labute approximate surface area is 178 Å². The second-order valence-corrected chi connectivity index (χ2v) is 7.64. The lowest BCUT2D eigenvalue weighted by atomic mass is 10.2. The summed E-state index contributed by atoms with van der Waals surface area (Å²) in [6.45, 7) is 4.46. The van der Waals surface area contributed by atoms with Crippen LogP contribution in [0.25, 0.3) is 0 Å². The van der Waals surface area contributed by atoms with Gasteiger partial charge in [0.2, 0.25) is 0 Å². The Bertz CT molecular complexity index is 940. The molecule has 0 saturated carbocycles. The molecule has 29 heavy (non-hydrogen) atoms. The quantitative estimate of drug-likeness (QED) is 0.259. The highest BCUT2D eigenvalue weighted by Crippen LogP contribution is 2.27. The molecule has 0 fully saturated rings. The lowest BCUT2D eigenvalue weighted by Crippen LogP contribution is -2.11. The Morgan fingerprint density at radius 1 is 1.17 bits per heavy atom. The number of aromatic nitrogens is 2. The predicted molar refractivity (Wildman–Crippen MR) is 112 cm³/mol. The average molecular weight is 433 g/mol. The second kappa shape index (κ2) is 10.3. The molecule has 3 aromatic rings. The molecule has 3 rings (SSSR count). The summed E-state index contributed by atoms with van der Waals surface area (Å²) < 4.78 is 16.2. The summed E-state index contributed by atoms with van der Waals surface area (Å²) in [7, 11) is 0. The largest absolute Gasteiger partial charge is 0.493 e. The number of nitrogens with zero attached hydrogens (tertiary/aromatic N) is 2. The molecule has 0 aliphatic carbocycles. The normalized spacial score (nSPS) is 10.7. The number of esters is 1. The molecule has 0 N–H and O–H groups in total. The van der Waals surface area contributed by atoms with Gasteiger partial charge < -0.3 is 14.0 Å². The summed E-state index contributed by atoms with van der Waals surface area (Å²) >= 11 is 7.30. The van der Waals surface area contributed by atoms with Crippen molar-refractivity contribution in [2.75, 3.05) is 13.2 Å². The zero-order valence-electron chi connectivity index (χ0n) is 16.2. The van der Waals surface area contributed by atoms with Gasteiger partial charge in [-0.1, -0.05) is 16.8 Å². The van der Waals surface area contributed by atoms with Crippen LogP contribution in [0.1, 0.15) is 33.8 Å². The minimum atomic E-state index is -0.397. The Kier molecular flexibility index (Phi) is 7.55. The van der Waals surface area contributed by atoms with Crippen LogP contribution >= 0.6 is 23.4 Å². The van der Waals surface area contributed by atoms with Crippen molar-refractivity contribution in [3.8, 4) is 5.75 Å². The SMILES string of the molecule is Cc1noc(C)c1CSc1ncccc1C(=O)OCCCOc1ccc(Cl)cc1. The smallest absolute Gasteiger partial charge is 0.340 e. The van der Waals surface area contributed by atoms with Gasteiger partial charge in [0, 0.05) is 29.0 Å². The number of ether oxygens (including phenoxy) is 2. The number of halogens is 1. The molecule has 0 radical (unpaired) electrons. The predicted octanol–water partition coefficient (Wildman–Crippen LogP) is 5.26. The molecule has 152 valence electrons. The molecular weight excluding hydrogens is 412 g/mol. The maximum absolute atomic E-state index is 12.5. The number of aryl methyl sites for hydroxylation is 2. The highest BCUT2D eigenvalue weighted by Gasteiger charge is 2.16. The molecule has 0 spiro atoms. The van der Waals surface area contributed by atoms with Gasteiger partial charge in [-0.2, -0.15) is 0 Å². The fraction of sp³-hybridized carbons (Fsp3) is 0.286. The Morgan fingerprint density at radius 3 is 2.69 bits per heavy atom. The van der Waals surface area contributed by atoms with Crippen molar-refractivity contribution >= 4 is 29.3 Å². The zero-order valence-corrected chi connectivity index (χ0v) is 17.8. The molecule has 2 aromatic heterocycles. The topological polar surface area (TPSA) is 74.5 Å². The number of hydrogen-bond acceptors (Lipinski definition) is 7. The van der Waals surface area contributed by atoms with E-state index in [1.165, 1.54) is 11.8 Å². The average Bonchev–Trinajstić information content (AvgIpc) is 3.05. The molecule has 0 saturated heterocycles. The lowest BCUT2D eigenvalue weighted by molar-refractivity contribution is 0.0481. The number of carbonyl (C=O) groups excluding carboxylic acids is 1. The van der Waals surface area contributed by atoms with Crippen LogP contribution in [0, 0.1) is 13.8 Å². The van der Waals surface area contributed by atoms with Crippen molar-refractivity contribution in [2.24, 2.45) is 0 Å². The van der Waals surface area contributed by atoms with Gasteiger partial charge >= 0.3 is 5.97 Å². The summed E-state index contributed by atoms with van der Waals surface area (Å²) in [6.07, 6.45) is 2.24. The van der Waals surface area contributed by atoms with Crippen LogP contribution in [0.3, 0.4) is 0 Å². The molecule has 6 nitrogen and oxygen atoms in total. The minimum Gasteiger partial charge on any atom is -0.493 e. The molecule has 0 unspecified atom stereocenters. The lowest BCUT2D eigenvalue weighted by Gasteiger charge is -2.09. The van der Waals surface area contributed by atoms with Gasteiger partial charge in [0.15, 0.2) is 0 Å². The first-order chi connectivity index (χ1) is 14.0.